The zero-order valence-corrected chi connectivity index (χ0v) is 10.0. The lowest BCUT2D eigenvalue weighted by molar-refractivity contribution is 0.316. The average molecular weight is 212 g/mol. The maximum absolute atomic E-state index is 12.6. The van der Waals surface area contributed by atoms with Crippen LogP contribution in [0.15, 0.2) is 24.3 Å². The van der Waals surface area contributed by atoms with Gasteiger partial charge in [0.2, 0.25) is 0 Å². The predicted octanol–water partition coefficient (Wildman–Crippen LogP) is 3.22. The molecule has 0 bridgehead atoms. The minimum Gasteiger partial charge on any atom is -0.417 e. The van der Waals surface area contributed by atoms with Gasteiger partial charge in [-0.25, -0.2) is 4.39 Å². The highest BCUT2D eigenvalue weighted by atomic mass is 28.4. The second-order valence-electron chi connectivity index (χ2n) is 4.34. The summed E-state index contributed by atoms with van der Waals surface area (Å²) in [5.74, 6) is -0.181. The van der Waals surface area contributed by atoms with E-state index in [2.05, 4.69) is 19.6 Å². The Bertz CT molecular complexity index is 276. The van der Waals surface area contributed by atoms with Crippen molar-refractivity contribution in [3.8, 4) is 0 Å². The molecule has 0 unspecified atom stereocenters. The first-order chi connectivity index (χ1) is 6.47. The summed E-state index contributed by atoms with van der Waals surface area (Å²) < 4.78 is 18.3. The van der Waals surface area contributed by atoms with Gasteiger partial charge in [-0.2, -0.15) is 0 Å². The molecular formula is C11H17FOSi. The van der Waals surface area contributed by atoms with Crippen molar-refractivity contribution >= 4 is 8.32 Å². The van der Waals surface area contributed by atoms with Gasteiger partial charge in [0.1, 0.15) is 5.82 Å². The van der Waals surface area contributed by atoms with Crippen LogP contribution in [0.1, 0.15) is 5.56 Å². The molecule has 0 N–H and O–H groups in total. The van der Waals surface area contributed by atoms with Gasteiger partial charge in [-0.3, -0.25) is 0 Å². The molecule has 1 aromatic rings. The molecule has 0 aromatic heterocycles. The van der Waals surface area contributed by atoms with Crippen molar-refractivity contribution in [3.63, 3.8) is 0 Å². The molecule has 1 aromatic carbocycles. The van der Waals surface area contributed by atoms with Crippen LogP contribution >= 0.6 is 0 Å². The molecule has 14 heavy (non-hydrogen) atoms. The fraction of sp³-hybridized carbons (Fsp3) is 0.455. The fourth-order valence-electron chi connectivity index (χ4n) is 1.13. The summed E-state index contributed by atoms with van der Waals surface area (Å²) in [5, 5.41) is 0. The number of hydrogen-bond donors (Lipinski definition) is 0. The van der Waals surface area contributed by atoms with Gasteiger partial charge in [0.05, 0.1) is 0 Å². The van der Waals surface area contributed by atoms with Crippen molar-refractivity contribution in [2.24, 2.45) is 0 Å². The molecule has 0 aliphatic carbocycles. The van der Waals surface area contributed by atoms with E-state index < -0.39 is 8.32 Å². The third-order valence-electron chi connectivity index (χ3n) is 1.84. The van der Waals surface area contributed by atoms with E-state index in [1.54, 1.807) is 0 Å². The second-order valence-corrected chi connectivity index (χ2v) is 8.85. The monoisotopic (exact) mass is 212 g/mol. The molecule has 0 aliphatic heterocycles. The van der Waals surface area contributed by atoms with Gasteiger partial charge >= 0.3 is 0 Å². The van der Waals surface area contributed by atoms with E-state index in [1.807, 2.05) is 12.1 Å². The Morgan fingerprint density at radius 1 is 1.14 bits per heavy atom. The Labute approximate surface area is 86.0 Å². The standard InChI is InChI=1S/C11H17FOSi/c1-14(2,3)13-9-8-10-4-6-11(12)7-5-10/h4-7H,8-9H2,1-3H3. The van der Waals surface area contributed by atoms with Crippen LogP contribution in [-0.2, 0) is 10.8 Å². The Morgan fingerprint density at radius 2 is 1.71 bits per heavy atom. The zero-order valence-electron chi connectivity index (χ0n) is 9.01. The third-order valence-corrected chi connectivity index (χ3v) is 2.91. The lowest BCUT2D eigenvalue weighted by Gasteiger charge is -2.16. The van der Waals surface area contributed by atoms with Gasteiger partial charge in [-0.05, 0) is 43.8 Å². The Balaban J connectivity index is 2.35. The van der Waals surface area contributed by atoms with E-state index in [1.165, 1.54) is 12.1 Å². The van der Waals surface area contributed by atoms with Crippen LogP contribution in [-0.4, -0.2) is 14.9 Å². The second kappa shape index (κ2) is 4.71. The van der Waals surface area contributed by atoms with Crippen LogP contribution in [0.2, 0.25) is 19.6 Å². The van der Waals surface area contributed by atoms with E-state index in [9.17, 15) is 4.39 Å². The lowest BCUT2D eigenvalue weighted by Crippen LogP contribution is -2.26. The molecule has 78 valence electrons. The van der Waals surface area contributed by atoms with Crippen molar-refractivity contribution in [3.05, 3.63) is 35.6 Å². The van der Waals surface area contributed by atoms with Gasteiger partial charge in [-0.15, -0.1) is 0 Å². The highest BCUT2D eigenvalue weighted by Gasteiger charge is 2.13. The smallest absolute Gasteiger partial charge is 0.183 e. The summed E-state index contributed by atoms with van der Waals surface area (Å²) >= 11 is 0. The van der Waals surface area contributed by atoms with E-state index in [0.29, 0.717) is 0 Å². The first-order valence-corrected chi connectivity index (χ1v) is 8.26. The highest BCUT2D eigenvalue weighted by molar-refractivity contribution is 6.69. The topological polar surface area (TPSA) is 9.23 Å². The minimum atomic E-state index is -1.40. The molecule has 1 rings (SSSR count). The largest absolute Gasteiger partial charge is 0.417 e. The van der Waals surface area contributed by atoms with Gasteiger partial charge in [0.25, 0.3) is 0 Å². The molecule has 0 saturated heterocycles. The van der Waals surface area contributed by atoms with Crippen molar-refractivity contribution < 1.29 is 8.82 Å². The number of benzene rings is 1. The highest BCUT2D eigenvalue weighted by Crippen LogP contribution is 2.07. The Kier molecular flexibility index (Phi) is 3.83. The van der Waals surface area contributed by atoms with Crippen LogP contribution in [0.4, 0.5) is 4.39 Å². The van der Waals surface area contributed by atoms with E-state index >= 15 is 0 Å². The molecular weight excluding hydrogens is 195 g/mol. The first-order valence-electron chi connectivity index (χ1n) is 4.86. The van der Waals surface area contributed by atoms with Gasteiger partial charge in [0.15, 0.2) is 8.32 Å². The van der Waals surface area contributed by atoms with E-state index in [0.717, 1.165) is 18.6 Å². The Morgan fingerprint density at radius 3 is 2.21 bits per heavy atom. The molecule has 0 amide bonds. The normalized spacial score (nSPS) is 11.7. The summed E-state index contributed by atoms with van der Waals surface area (Å²) in [6, 6.07) is 6.60. The minimum absolute atomic E-state index is 0.181. The molecule has 0 radical (unpaired) electrons. The fourth-order valence-corrected chi connectivity index (χ4v) is 1.84. The van der Waals surface area contributed by atoms with Crippen molar-refractivity contribution in [1.29, 1.82) is 0 Å². The van der Waals surface area contributed by atoms with Crippen LogP contribution in [0.3, 0.4) is 0 Å². The van der Waals surface area contributed by atoms with Gasteiger partial charge in [-0.1, -0.05) is 12.1 Å². The Hall–Kier alpha value is -0.673. The summed E-state index contributed by atoms with van der Waals surface area (Å²) in [7, 11) is -1.40. The maximum Gasteiger partial charge on any atom is 0.183 e. The molecule has 0 saturated carbocycles. The van der Waals surface area contributed by atoms with Crippen molar-refractivity contribution in [2.45, 2.75) is 26.1 Å². The van der Waals surface area contributed by atoms with Crippen molar-refractivity contribution in [1.82, 2.24) is 0 Å². The van der Waals surface area contributed by atoms with Crippen LogP contribution in [0.5, 0.6) is 0 Å². The molecule has 0 aliphatic rings. The molecule has 1 nitrogen and oxygen atoms in total. The SMILES string of the molecule is C[Si](C)(C)OCCc1ccc(F)cc1. The van der Waals surface area contributed by atoms with Gasteiger partial charge < -0.3 is 4.43 Å². The number of rotatable bonds is 4. The predicted molar refractivity (Wildman–Crippen MR) is 59.4 cm³/mol. The molecule has 0 heterocycles. The number of halogens is 1. The molecule has 0 spiro atoms. The summed E-state index contributed by atoms with van der Waals surface area (Å²) in [4.78, 5) is 0. The lowest BCUT2D eigenvalue weighted by atomic mass is 10.2. The average Bonchev–Trinajstić information content (AvgIpc) is 2.06. The molecule has 0 fully saturated rings. The molecule has 3 heteroatoms. The third kappa shape index (κ3) is 4.53. The van der Waals surface area contributed by atoms with Crippen LogP contribution < -0.4 is 0 Å². The summed E-state index contributed by atoms with van der Waals surface area (Å²) in [6.07, 6.45) is 0.866. The maximum atomic E-state index is 12.6. The van der Waals surface area contributed by atoms with Crippen LogP contribution in [0.25, 0.3) is 0 Å². The number of hydrogen-bond acceptors (Lipinski definition) is 1. The quantitative estimate of drug-likeness (QED) is 0.696. The zero-order chi connectivity index (χ0) is 10.6. The van der Waals surface area contributed by atoms with Crippen LogP contribution in [0, 0.1) is 5.82 Å². The summed E-state index contributed by atoms with van der Waals surface area (Å²) in [6.45, 7) is 7.23. The van der Waals surface area contributed by atoms with Gasteiger partial charge in [0, 0.05) is 6.61 Å². The van der Waals surface area contributed by atoms with E-state index in [4.69, 9.17) is 4.43 Å². The van der Waals surface area contributed by atoms with Crippen molar-refractivity contribution in [2.75, 3.05) is 6.61 Å². The van der Waals surface area contributed by atoms with E-state index in [-0.39, 0.29) is 5.82 Å². The molecule has 0 atom stereocenters. The summed E-state index contributed by atoms with van der Waals surface area (Å²) in [5.41, 5.74) is 1.13. The first kappa shape index (κ1) is 11.4.